The van der Waals surface area contributed by atoms with Gasteiger partial charge in [-0.05, 0) is 24.0 Å². The highest BCUT2D eigenvalue weighted by molar-refractivity contribution is 5.78. The Morgan fingerprint density at radius 2 is 2.05 bits per heavy atom. The molecule has 1 saturated carbocycles. The number of ether oxygens (including phenoxy) is 1. The molecule has 1 fully saturated rings. The van der Waals surface area contributed by atoms with Crippen molar-refractivity contribution < 1.29 is 9.53 Å². The highest BCUT2D eigenvalue weighted by Crippen LogP contribution is 2.26. The summed E-state index contributed by atoms with van der Waals surface area (Å²) in [6.07, 6.45) is 6.63. The van der Waals surface area contributed by atoms with Crippen LogP contribution in [0, 0.1) is 5.92 Å². The van der Waals surface area contributed by atoms with Crippen LogP contribution in [0.15, 0.2) is 24.3 Å². The summed E-state index contributed by atoms with van der Waals surface area (Å²) in [6.45, 7) is 0.631. The van der Waals surface area contributed by atoms with Gasteiger partial charge in [0, 0.05) is 26.0 Å². The van der Waals surface area contributed by atoms with Crippen LogP contribution in [-0.4, -0.2) is 25.8 Å². The van der Waals surface area contributed by atoms with Crippen LogP contribution in [0.25, 0.3) is 0 Å². The highest BCUT2D eigenvalue weighted by Gasteiger charge is 2.27. The topological polar surface area (TPSA) is 50.4 Å². The zero-order chi connectivity index (χ0) is 15.4. The molecule has 120 valence electrons. The Labute approximate surface area is 132 Å². The van der Waals surface area contributed by atoms with Crippen LogP contribution in [-0.2, 0) is 16.0 Å². The minimum Gasteiger partial charge on any atom is -0.366 e. The third kappa shape index (κ3) is 3.50. The first kappa shape index (κ1) is 15.5. The molecule has 4 heteroatoms. The number of hydrogen-bond donors (Lipinski definition) is 2. The molecule has 2 unspecified atom stereocenters. The molecule has 4 nitrogen and oxygen atoms in total. The molecule has 1 aliphatic carbocycles. The zero-order valence-corrected chi connectivity index (χ0v) is 13.3. The standard InChI is InChI=1S/C18H26N2O2/c1-22-17-11-14-9-5-6-10-15(14)16(20-17)12-19-18(21)13-7-3-2-4-8-13/h5-6,9-10,13,16-17,20H,2-4,7-8,11-12H2,1H3,(H,19,21). The third-order valence-electron chi connectivity index (χ3n) is 4.96. The van der Waals surface area contributed by atoms with Crippen molar-refractivity contribution in [1.82, 2.24) is 10.6 Å². The van der Waals surface area contributed by atoms with Gasteiger partial charge in [-0.15, -0.1) is 0 Å². The fourth-order valence-corrected chi connectivity index (χ4v) is 3.66. The lowest BCUT2D eigenvalue weighted by Crippen LogP contribution is -2.46. The first-order valence-corrected chi connectivity index (χ1v) is 8.42. The number of fused-ring (bicyclic) bond motifs is 1. The summed E-state index contributed by atoms with van der Waals surface area (Å²) in [7, 11) is 1.73. The van der Waals surface area contributed by atoms with Crippen LogP contribution >= 0.6 is 0 Å². The predicted molar refractivity (Wildman–Crippen MR) is 86.4 cm³/mol. The Hall–Kier alpha value is -1.39. The van der Waals surface area contributed by atoms with Crippen molar-refractivity contribution in [2.24, 2.45) is 5.92 Å². The Bertz CT molecular complexity index is 512. The van der Waals surface area contributed by atoms with Gasteiger partial charge in [0.05, 0.1) is 6.04 Å². The molecule has 1 amide bonds. The number of rotatable bonds is 4. The van der Waals surface area contributed by atoms with E-state index in [0.717, 1.165) is 19.3 Å². The fourth-order valence-electron chi connectivity index (χ4n) is 3.66. The van der Waals surface area contributed by atoms with E-state index in [-0.39, 0.29) is 24.1 Å². The molecule has 3 rings (SSSR count). The SMILES string of the molecule is COC1Cc2ccccc2C(CNC(=O)C2CCCCC2)N1. The van der Waals surface area contributed by atoms with Gasteiger partial charge < -0.3 is 10.1 Å². The first-order valence-electron chi connectivity index (χ1n) is 8.42. The summed E-state index contributed by atoms with van der Waals surface area (Å²) in [5.74, 6) is 0.435. The third-order valence-corrected chi connectivity index (χ3v) is 4.96. The molecule has 0 radical (unpaired) electrons. The van der Waals surface area contributed by atoms with E-state index in [4.69, 9.17) is 4.74 Å². The number of carbonyl (C=O) groups is 1. The minimum absolute atomic E-state index is 0.0199. The van der Waals surface area contributed by atoms with E-state index >= 15 is 0 Å². The molecule has 1 aliphatic heterocycles. The lowest BCUT2D eigenvalue weighted by atomic mass is 9.88. The van der Waals surface area contributed by atoms with Crippen LogP contribution in [0.2, 0.25) is 0 Å². The molecule has 2 N–H and O–H groups in total. The average molecular weight is 302 g/mol. The molecule has 2 atom stereocenters. The smallest absolute Gasteiger partial charge is 0.223 e. The van der Waals surface area contributed by atoms with Crippen molar-refractivity contribution >= 4 is 5.91 Å². The molecular weight excluding hydrogens is 276 g/mol. The van der Waals surface area contributed by atoms with Gasteiger partial charge >= 0.3 is 0 Å². The van der Waals surface area contributed by atoms with Crippen molar-refractivity contribution in [3.8, 4) is 0 Å². The van der Waals surface area contributed by atoms with Gasteiger partial charge in [0.15, 0.2) is 0 Å². The number of amides is 1. The van der Waals surface area contributed by atoms with Gasteiger partial charge in [-0.3, -0.25) is 10.1 Å². The van der Waals surface area contributed by atoms with Gasteiger partial charge in [0.1, 0.15) is 6.23 Å². The summed E-state index contributed by atoms with van der Waals surface area (Å²) < 4.78 is 5.48. The maximum absolute atomic E-state index is 12.3. The zero-order valence-electron chi connectivity index (χ0n) is 13.3. The lowest BCUT2D eigenvalue weighted by molar-refractivity contribution is -0.126. The first-order chi connectivity index (χ1) is 10.8. The summed E-state index contributed by atoms with van der Waals surface area (Å²) in [6, 6.07) is 8.55. The van der Waals surface area contributed by atoms with Crippen molar-refractivity contribution in [2.45, 2.75) is 50.8 Å². The van der Waals surface area contributed by atoms with Crippen LogP contribution in [0.4, 0.5) is 0 Å². The van der Waals surface area contributed by atoms with Gasteiger partial charge in [-0.2, -0.15) is 0 Å². The van der Waals surface area contributed by atoms with E-state index in [1.165, 1.54) is 30.4 Å². The normalized spacial score (nSPS) is 25.5. The molecule has 0 spiro atoms. The minimum atomic E-state index is 0.0199. The van der Waals surface area contributed by atoms with Gasteiger partial charge in [0.2, 0.25) is 5.91 Å². The molecule has 0 bridgehead atoms. The average Bonchev–Trinajstić information content (AvgIpc) is 2.59. The van der Waals surface area contributed by atoms with Gasteiger partial charge in [-0.1, -0.05) is 43.5 Å². The van der Waals surface area contributed by atoms with Crippen molar-refractivity contribution in [3.05, 3.63) is 35.4 Å². The maximum Gasteiger partial charge on any atom is 0.223 e. The second-order valence-corrected chi connectivity index (χ2v) is 6.43. The monoisotopic (exact) mass is 302 g/mol. The predicted octanol–water partition coefficient (Wildman–Crippen LogP) is 2.54. The molecule has 0 aromatic heterocycles. The summed E-state index contributed by atoms with van der Waals surface area (Å²) in [4.78, 5) is 12.3. The molecule has 1 aromatic rings. The quantitative estimate of drug-likeness (QED) is 0.898. The highest BCUT2D eigenvalue weighted by atomic mass is 16.5. The van der Waals surface area contributed by atoms with Crippen molar-refractivity contribution in [2.75, 3.05) is 13.7 Å². The van der Waals surface area contributed by atoms with Crippen LogP contribution < -0.4 is 10.6 Å². The largest absolute Gasteiger partial charge is 0.366 e. The number of methoxy groups -OCH3 is 1. The van der Waals surface area contributed by atoms with Crippen molar-refractivity contribution in [1.29, 1.82) is 0 Å². The van der Waals surface area contributed by atoms with Crippen molar-refractivity contribution in [3.63, 3.8) is 0 Å². The van der Waals surface area contributed by atoms with Gasteiger partial charge in [-0.25, -0.2) is 0 Å². The van der Waals surface area contributed by atoms with Crippen LogP contribution in [0.1, 0.15) is 49.3 Å². The molecule has 2 aliphatic rings. The Morgan fingerprint density at radius 3 is 2.82 bits per heavy atom. The Balaban J connectivity index is 1.62. The Kier molecular flexibility index (Phi) is 5.11. The lowest BCUT2D eigenvalue weighted by Gasteiger charge is -2.33. The van der Waals surface area contributed by atoms with E-state index in [2.05, 4.69) is 34.9 Å². The van der Waals surface area contributed by atoms with E-state index < -0.39 is 0 Å². The molecule has 0 saturated heterocycles. The second-order valence-electron chi connectivity index (χ2n) is 6.43. The molecule has 1 heterocycles. The molecule has 22 heavy (non-hydrogen) atoms. The summed E-state index contributed by atoms with van der Waals surface area (Å²) in [5, 5.41) is 6.63. The maximum atomic E-state index is 12.3. The Morgan fingerprint density at radius 1 is 1.27 bits per heavy atom. The van der Waals surface area contributed by atoms with Gasteiger partial charge in [0.25, 0.3) is 0 Å². The number of benzene rings is 1. The number of hydrogen-bond acceptors (Lipinski definition) is 3. The second kappa shape index (κ2) is 7.25. The van der Waals surface area contributed by atoms with E-state index in [1.54, 1.807) is 7.11 Å². The summed E-state index contributed by atoms with van der Waals surface area (Å²) in [5.41, 5.74) is 2.59. The van der Waals surface area contributed by atoms with Crippen LogP contribution in [0.5, 0.6) is 0 Å². The summed E-state index contributed by atoms with van der Waals surface area (Å²) >= 11 is 0. The fraction of sp³-hybridized carbons (Fsp3) is 0.611. The van der Waals surface area contributed by atoms with Crippen LogP contribution in [0.3, 0.4) is 0 Å². The van der Waals surface area contributed by atoms with E-state index in [9.17, 15) is 4.79 Å². The van der Waals surface area contributed by atoms with E-state index in [1.807, 2.05) is 0 Å². The number of nitrogens with one attached hydrogen (secondary N) is 2. The molecular formula is C18H26N2O2. The number of carbonyl (C=O) groups excluding carboxylic acids is 1. The van der Waals surface area contributed by atoms with E-state index in [0.29, 0.717) is 6.54 Å². The molecule has 1 aromatic carbocycles.